The number of benzene rings is 2. The molecule has 1 N–H and O–H groups in total. The third kappa shape index (κ3) is 3.66. The maximum Gasteiger partial charge on any atom is 0.419 e. The molecule has 3 rings (SSSR count). The fourth-order valence-corrected chi connectivity index (χ4v) is 2.58. The van der Waals surface area contributed by atoms with Gasteiger partial charge in [0.25, 0.3) is 0 Å². The highest BCUT2D eigenvalue weighted by Crippen LogP contribution is 2.18. The fraction of sp³-hybridized carbons (Fsp3) is 0.211. The molecule has 0 unspecified atom stereocenters. The average Bonchev–Trinajstić information content (AvgIpc) is 2.93. The quantitative estimate of drug-likeness (QED) is 0.688. The molecular weight excluding hydrogens is 336 g/mol. The number of aromatic nitrogens is 1. The number of anilines is 1. The van der Waals surface area contributed by atoms with Crippen LogP contribution in [0.1, 0.15) is 23.2 Å². The van der Waals surface area contributed by atoms with E-state index in [0.29, 0.717) is 28.1 Å². The molecule has 0 spiro atoms. The number of aryl methyl sites for hydroxylation is 1. The van der Waals surface area contributed by atoms with Crippen molar-refractivity contribution in [2.75, 3.05) is 12.4 Å². The van der Waals surface area contributed by atoms with Crippen molar-refractivity contribution in [3.05, 3.63) is 58.6 Å². The molecule has 7 heteroatoms. The number of ketones is 1. The first-order valence-corrected chi connectivity index (χ1v) is 8.04. The Morgan fingerprint density at radius 1 is 1.12 bits per heavy atom. The molecule has 0 aliphatic heterocycles. The summed E-state index contributed by atoms with van der Waals surface area (Å²) in [7, 11) is 3.16. The molecule has 134 valence electrons. The van der Waals surface area contributed by atoms with Gasteiger partial charge in [-0.3, -0.25) is 14.2 Å². The summed E-state index contributed by atoms with van der Waals surface area (Å²) in [4.78, 5) is 35.7. The van der Waals surface area contributed by atoms with Gasteiger partial charge in [-0.15, -0.1) is 0 Å². The largest absolute Gasteiger partial charge is 0.497 e. The molecule has 1 amide bonds. The molecule has 7 nitrogen and oxygen atoms in total. The van der Waals surface area contributed by atoms with Crippen molar-refractivity contribution >= 4 is 28.5 Å². The summed E-state index contributed by atoms with van der Waals surface area (Å²) in [6.45, 7) is 0. The summed E-state index contributed by atoms with van der Waals surface area (Å²) in [5, 5.41) is 2.71. The second-order valence-corrected chi connectivity index (χ2v) is 5.81. The number of carbonyl (C=O) groups excluding carboxylic acids is 2. The molecule has 0 aliphatic carbocycles. The molecule has 0 atom stereocenters. The lowest BCUT2D eigenvalue weighted by Gasteiger charge is -2.06. The zero-order valence-corrected chi connectivity index (χ0v) is 14.4. The molecule has 0 aliphatic rings. The standard InChI is InChI=1S/C19H18N2O5/c1-21-15-8-5-13(11-17(15)26-19(21)24)20-18(23)10-9-16(22)12-3-6-14(25-2)7-4-12/h3-8,11H,9-10H2,1-2H3,(H,20,23). The van der Waals surface area contributed by atoms with Crippen molar-refractivity contribution in [3.8, 4) is 5.75 Å². The van der Waals surface area contributed by atoms with E-state index < -0.39 is 5.76 Å². The molecule has 0 fully saturated rings. The maximum atomic E-state index is 12.1. The van der Waals surface area contributed by atoms with E-state index in [-0.39, 0.29) is 24.5 Å². The predicted octanol–water partition coefficient (Wildman–Crippen LogP) is 2.74. The van der Waals surface area contributed by atoms with E-state index in [1.165, 1.54) is 4.57 Å². The Labute approximate surface area is 149 Å². The highest BCUT2D eigenvalue weighted by molar-refractivity contribution is 6.00. The van der Waals surface area contributed by atoms with Crippen LogP contribution in [0.3, 0.4) is 0 Å². The van der Waals surface area contributed by atoms with Gasteiger partial charge in [0.15, 0.2) is 11.4 Å². The van der Waals surface area contributed by atoms with Crippen LogP contribution in [-0.2, 0) is 11.8 Å². The summed E-state index contributed by atoms with van der Waals surface area (Å²) < 4.78 is 11.5. The van der Waals surface area contributed by atoms with Gasteiger partial charge in [0.1, 0.15) is 5.75 Å². The van der Waals surface area contributed by atoms with Crippen LogP contribution in [0.2, 0.25) is 0 Å². The topological polar surface area (TPSA) is 90.5 Å². The van der Waals surface area contributed by atoms with Gasteiger partial charge >= 0.3 is 5.76 Å². The number of carbonyl (C=O) groups is 2. The van der Waals surface area contributed by atoms with Crippen LogP contribution >= 0.6 is 0 Å². The Morgan fingerprint density at radius 2 is 1.85 bits per heavy atom. The van der Waals surface area contributed by atoms with Crippen molar-refractivity contribution in [1.82, 2.24) is 4.57 Å². The number of Topliss-reactive ketones (excluding diaryl/α,β-unsaturated/α-hetero) is 1. The zero-order chi connectivity index (χ0) is 18.7. The summed E-state index contributed by atoms with van der Waals surface area (Å²) in [6.07, 6.45) is 0.155. The summed E-state index contributed by atoms with van der Waals surface area (Å²) in [5.41, 5.74) is 2.08. The molecule has 0 bridgehead atoms. The number of hydrogen-bond donors (Lipinski definition) is 1. The lowest BCUT2D eigenvalue weighted by atomic mass is 10.1. The molecule has 2 aromatic carbocycles. The van der Waals surface area contributed by atoms with Crippen LogP contribution in [0.4, 0.5) is 5.69 Å². The smallest absolute Gasteiger partial charge is 0.419 e. The Balaban J connectivity index is 1.59. The maximum absolute atomic E-state index is 12.1. The highest BCUT2D eigenvalue weighted by atomic mass is 16.5. The van der Waals surface area contributed by atoms with Crippen molar-refractivity contribution in [2.24, 2.45) is 7.05 Å². The summed E-state index contributed by atoms with van der Waals surface area (Å²) >= 11 is 0. The SMILES string of the molecule is COc1ccc(C(=O)CCC(=O)Nc2ccc3c(c2)oc(=O)n3C)cc1. The zero-order valence-electron chi connectivity index (χ0n) is 14.4. The number of nitrogens with zero attached hydrogens (tertiary/aromatic N) is 1. The average molecular weight is 354 g/mol. The van der Waals surface area contributed by atoms with Gasteiger partial charge in [-0.25, -0.2) is 4.79 Å². The number of amides is 1. The Hall–Kier alpha value is -3.35. The van der Waals surface area contributed by atoms with Crippen molar-refractivity contribution in [1.29, 1.82) is 0 Å². The van der Waals surface area contributed by atoms with E-state index in [9.17, 15) is 14.4 Å². The summed E-state index contributed by atoms with van der Waals surface area (Å²) in [6, 6.07) is 11.7. The minimum absolute atomic E-state index is 0.0572. The molecular formula is C19H18N2O5. The number of nitrogens with one attached hydrogen (secondary N) is 1. The van der Waals surface area contributed by atoms with Crippen molar-refractivity contribution in [2.45, 2.75) is 12.8 Å². The highest BCUT2D eigenvalue weighted by Gasteiger charge is 2.11. The van der Waals surface area contributed by atoms with Crippen LogP contribution in [0.25, 0.3) is 11.1 Å². The minimum Gasteiger partial charge on any atom is -0.497 e. The van der Waals surface area contributed by atoms with E-state index in [1.807, 2.05) is 0 Å². The first-order valence-electron chi connectivity index (χ1n) is 8.04. The van der Waals surface area contributed by atoms with Gasteiger partial charge < -0.3 is 14.5 Å². The van der Waals surface area contributed by atoms with E-state index >= 15 is 0 Å². The Morgan fingerprint density at radius 3 is 2.54 bits per heavy atom. The van der Waals surface area contributed by atoms with Gasteiger partial charge in [-0.05, 0) is 36.4 Å². The number of hydrogen-bond acceptors (Lipinski definition) is 5. The summed E-state index contributed by atoms with van der Waals surface area (Å²) in [5.74, 6) is -0.201. The van der Waals surface area contributed by atoms with Gasteiger partial charge in [0.05, 0.1) is 12.6 Å². The molecule has 0 saturated carbocycles. The van der Waals surface area contributed by atoms with E-state index in [1.54, 1.807) is 56.6 Å². The van der Waals surface area contributed by atoms with Gasteiger partial charge in [0.2, 0.25) is 5.91 Å². The normalized spacial score (nSPS) is 10.7. The van der Waals surface area contributed by atoms with E-state index in [2.05, 4.69) is 5.32 Å². The van der Waals surface area contributed by atoms with Crippen LogP contribution in [0.15, 0.2) is 51.7 Å². The number of rotatable bonds is 6. The van der Waals surface area contributed by atoms with Crippen LogP contribution in [-0.4, -0.2) is 23.4 Å². The van der Waals surface area contributed by atoms with Crippen LogP contribution in [0.5, 0.6) is 5.75 Å². The molecule has 26 heavy (non-hydrogen) atoms. The Kier molecular flexibility index (Phi) is 4.88. The number of methoxy groups -OCH3 is 1. The predicted molar refractivity (Wildman–Crippen MR) is 96.6 cm³/mol. The third-order valence-electron chi connectivity index (χ3n) is 4.07. The lowest BCUT2D eigenvalue weighted by molar-refractivity contribution is -0.116. The van der Waals surface area contributed by atoms with Gasteiger partial charge in [0, 0.05) is 37.2 Å². The molecule has 3 aromatic rings. The van der Waals surface area contributed by atoms with Crippen LogP contribution in [0, 0.1) is 0 Å². The first kappa shape index (κ1) is 17.5. The first-order chi connectivity index (χ1) is 12.5. The molecule has 0 radical (unpaired) electrons. The van der Waals surface area contributed by atoms with Crippen molar-refractivity contribution < 1.29 is 18.7 Å². The second-order valence-electron chi connectivity index (χ2n) is 5.81. The van der Waals surface area contributed by atoms with Gasteiger partial charge in [-0.1, -0.05) is 0 Å². The van der Waals surface area contributed by atoms with Gasteiger partial charge in [-0.2, -0.15) is 0 Å². The number of fused-ring (bicyclic) bond motifs is 1. The molecule has 0 saturated heterocycles. The Bertz CT molecular complexity index is 1010. The fourth-order valence-electron chi connectivity index (χ4n) is 2.58. The second kappa shape index (κ2) is 7.26. The van der Waals surface area contributed by atoms with Crippen molar-refractivity contribution in [3.63, 3.8) is 0 Å². The minimum atomic E-state index is -0.464. The van der Waals surface area contributed by atoms with E-state index in [0.717, 1.165) is 0 Å². The van der Waals surface area contributed by atoms with E-state index in [4.69, 9.17) is 9.15 Å². The third-order valence-corrected chi connectivity index (χ3v) is 4.07. The molecule has 1 aromatic heterocycles. The van der Waals surface area contributed by atoms with Crippen LogP contribution < -0.4 is 15.8 Å². The monoisotopic (exact) mass is 354 g/mol. The number of ether oxygens (including phenoxy) is 1. The lowest BCUT2D eigenvalue weighted by Crippen LogP contribution is -2.13. The number of oxazole rings is 1. The molecule has 1 heterocycles.